The minimum Gasteiger partial charge on any atom is -0.411 e. The Bertz CT molecular complexity index is 96.2. The summed E-state index contributed by atoms with van der Waals surface area (Å²) >= 11 is 3.60. The van der Waals surface area contributed by atoms with Crippen molar-refractivity contribution in [3.63, 3.8) is 0 Å². The Hall–Kier alpha value is 0.170. The zero-order valence-corrected chi connectivity index (χ0v) is 5.97. The van der Waals surface area contributed by atoms with E-state index in [4.69, 9.17) is 5.21 Å². The molecule has 1 aliphatic heterocycles. The van der Waals surface area contributed by atoms with Crippen LogP contribution in [0.25, 0.3) is 0 Å². The van der Waals surface area contributed by atoms with Gasteiger partial charge < -0.3 is 5.21 Å². The minimum absolute atomic E-state index is 0.906. The molecule has 0 amide bonds. The highest BCUT2D eigenvalue weighted by Gasteiger charge is 2.06. The average molecular weight is 149 g/mol. The van der Waals surface area contributed by atoms with Crippen molar-refractivity contribution in [2.75, 3.05) is 16.6 Å². The third kappa shape index (κ3) is 1.59. The molecule has 0 spiro atoms. The molecule has 1 N–H and O–H groups in total. The molecule has 0 radical (unpaired) electrons. The van der Waals surface area contributed by atoms with Gasteiger partial charge in [0.1, 0.15) is 0 Å². The van der Waals surface area contributed by atoms with Gasteiger partial charge in [-0.3, -0.25) is 0 Å². The number of hydrogen-bond donors (Lipinski definition) is 1. The first-order valence-corrected chi connectivity index (χ1v) is 4.59. The molecule has 0 aromatic carbocycles. The SMILES string of the molecule is ON=C1CSCSC1. The molecule has 2 nitrogen and oxygen atoms in total. The third-order valence-corrected chi connectivity index (χ3v) is 3.25. The predicted octanol–water partition coefficient (Wildman–Crippen LogP) is 1.25. The molecule has 0 aliphatic carbocycles. The molecule has 1 saturated heterocycles. The summed E-state index contributed by atoms with van der Waals surface area (Å²) in [5.74, 6) is 1.81. The summed E-state index contributed by atoms with van der Waals surface area (Å²) < 4.78 is 0. The molecule has 0 atom stereocenters. The molecule has 46 valence electrons. The molecular formula is C4H7NOS2. The summed E-state index contributed by atoms with van der Waals surface area (Å²) in [7, 11) is 0. The van der Waals surface area contributed by atoms with E-state index >= 15 is 0 Å². The van der Waals surface area contributed by atoms with E-state index in [1.54, 1.807) is 23.5 Å². The van der Waals surface area contributed by atoms with Gasteiger partial charge in [-0.15, -0.1) is 23.5 Å². The van der Waals surface area contributed by atoms with E-state index in [1.165, 1.54) is 0 Å². The maximum absolute atomic E-state index is 8.25. The fourth-order valence-corrected chi connectivity index (χ4v) is 2.54. The molecular weight excluding hydrogens is 142 g/mol. The first-order valence-electron chi connectivity index (χ1n) is 2.29. The van der Waals surface area contributed by atoms with Crippen molar-refractivity contribution >= 4 is 29.2 Å². The predicted molar refractivity (Wildman–Crippen MR) is 39.0 cm³/mol. The highest BCUT2D eigenvalue weighted by atomic mass is 32.2. The van der Waals surface area contributed by atoms with Gasteiger partial charge in [0.2, 0.25) is 0 Å². The van der Waals surface area contributed by atoms with Crippen LogP contribution in [0.1, 0.15) is 0 Å². The zero-order chi connectivity index (χ0) is 5.82. The van der Waals surface area contributed by atoms with Crippen LogP contribution in [-0.2, 0) is 0 Å². The maximum Gasteiger partial charge on any atom is 0.0768 e. The number of nitrogens with zero attached hydrogens (tertiary/aromatic N) is 1. The summed E-state index contributed by atoms with van der Waals surface area (Å²) in [4.78, 5) is 0. The van der Waals surface area contributed by atoms with E-state index < -0.39 is 0 Å². The first kappa shape index (κ1) is 6.29. The van der Waals surface area contributed by atoms with E-state index in [2.05, 4.69) is 5.16 Å². The molecule has 0 saturated carbocycles. The van der Waals surface area contributed by atoms with Gasteiger partial charge in [-0.2, -0.15) is 0 Å². The lowest BCUT2D eigenvalue weighted by Gasteiger charge is -2.08. The number of thioether (sulfide) groups is 2. The average Bonchev–Trinajstić information content (AvgIpc) is 1.90. The van der Waals surface area contributed by atoms with Crippen molar-refractivity contribution in [1.29, 1.82) is 0 Å². The van der Waals surface area contributed by atoms with Gasteiger partial charge in [-0.25, -0.2) is 0 Å². The molecule has 1 rings (SSSR count). The topological polar surface area (TPSA) is 32.6 Å². The van der Waals surface area contributed by atoms with Crippen molar-refractivity contribution in [3.05, 3.63) is 0 Å². The van der Waals surface area contributed by atoms with Crippen LogP contribution >= 0.6 is 23.5 Å². The van der Waals surface area contributed by atoms with Crippen molar-refractivity contribution < 1.29 is 5.21 Å². The van der Waals surface area contributed by atoms with Gasteiger partial charge >= 0.3 is 0 Å². The van der Waals surface area contributed by atoms with E-state index in [0.717, 1.165) is 22.3 Å². The first-order chi connectivity index (χ1) is 3.93. The van der Waals surface area contributed by atoms with Crippen LogP contribution in [0, 0.1) is 0 Å². The highest BCUT2D eigenvalue weighted by molar-refractivity contribution is 8.17. The summed E-state index contributed by atoms with van der Waals surface area (Å²) in [6.07, 6.45) is 0. The van der Waals surface area contributed by atoms with Gasteiger partial charge in [0, 0.05) is 16.6 Å². The van der Waals surface area contributed by atoms with Crippen LogP contribution < -0.4 is 0 Å². The molecule has 0 unspecified atom stereocenters. The number of hydrogen-bond acceptors (Lipinski definition) is 4. The van der Waals surface area contributed by atoms with E-state index in [1.807, 2.05) is 0 Å². The summed E-state index contributed by atoms with van der Waals surface area (Å²) in [6.45, 7) is 0. The Morgan fingerprint density at radius 3 is 2.38 bits per heavy atom. The lowest BCUT2D eigenvalue weighted by molar-refractivity contribution is 0.318. The Kier molecular flexibility index (Phi) is 2.55. The van der Waals surface area contributed by atoms with Crippen LogP contribution in [0.15, 0.2) is 5.16 Å². The normalized spacial score (nSPS) is 20.8. The molecule has 4 heteroatoms. The quantitative estimate of drug-likeness (QED) is 0.415. The lowest BCUT2D eigenvalue weighted by Crippen LogP contribution is -2.10. The lowest BCUT2D eigenvalue weighted by atomic mass is 10.5. The van der Waals surface area contributed by atoms with Gasteiger partial charge in [0.05, 0.1) is 5.71 Å². The third-order valence-electron chi connectivity index (χ3n) is 0.845. The van der Waals surface area contributed by atoms with E-state index in [0.29, 0.717) is 0 Å². The second-order valence-corrected chi connectivity index (χ2v) is 3.82. The Balaban J connectivity index is 2.33. The van der Waals surface area contributed by atoms with Crippen molar-refractivity contribution in [3.8, 4) is 0 Å². The fourth-order valence-electron chi connectivity index (χ4n) is 0.477. The fraction of sp³-hybridized carbons (Fsp3) is 0.750. The Labute approximate surface area is 56.7 Å². The van der Waals surface area contributed by atoms with Crippen LogP contribution in [0.3, 0.4) is 0 Å². The van der Waals surface area contributed by atoms with Crippen LogP contribution in [0.4, 0.5) is 0 Å². The van der Waals surface area contributed by atoms with E-state index in [-0.39, 0.29) is 0 Å². The van der Waals surface area contributed by atoms with Crippen molar-refractivity contribution in [1.82, 2.24) is 0 Å². The molecule has 1 aliphatic rings. The Morgan fingerprint density at radius 2 is 2.00 bits per heavy atom. The van der Waals surface area contributed by atoms with Crippen LogP contribution in [-0.4, -0.2) is 27.5 Å². The van der Waals surface area contributed by atoms with Crippen molar-refractivity contribution in [2.24, 2.45) is 5.16 Å². The largest absolute Gasteiger partial charge is 0.411 e. The molecule has 8 heavy (non-hydrogen) atoms. The molecule has 0 aromatic rings. The second kappa shape index (κ2) is 3.25. The smallest absolute Gasteiger partial charge is 0.0768 e. The second-order valence-electron chi connectivity index (χ2n) is 1.48. The van der Waals surface area contributed by atoms with Gasteiger partial charge in [0.15, 0.2) is 0 Å². The van der Waals surface area contributed by atoms with Crippen molar-refractivity contribution in [2.45, 2.75) is 0 Å². The number of oxime groups is 1. The summed E-state index contributed by atoms with van der Waals surface area (Å²) in [6, 6.07) is 0. The van der Waals surface area contributed by atoms with E-state index in [9.17, 15) is 0 Å². The zero-order valence-electron chi connectivity index (χ0n) is 4.33. The summed E-state index contributed by atoms with van der Waals surface area (Å²) in [5.41, 5.74) is 0.909. The van der Waals surface area contributed by atoms with Gasteiger partial charge in [-0.1, -0.05) is 5.16 Å². The van der Waals surface area contributed by atoms with Gasteiger partial charge in [0.25, 0.3) is 0 Å². The van der Waals surface area contributed by atoms with Crippen LogP contribution in [0.2, 0.25) is 0 Å². The molecule has 0 bridgehead atoms. The monoisotopic (exact) mass is 149 g/mol. The summed E-state index contributed by atoms with van der Waals surface area (Å²) in [5, 5.41) is 12.5. The molecule has 0 aromatic heterocycles. The Morgan fingerprint density at radius 1 is 1.38 bits per heavy atom. The highest BCUT2D eigenvalue weighted by Crippen LogP contribution is 2.18. The molecule has 1 fully saturated rings. The maximum atomic E-state index is 8.25. The number of rotatable bonds is 0. The standard InChI is InChI=1S/C4H7NOS2/c6-5-4-1-7-3-8-2-4/h6H,1-3H2. The van der Waals surface area contributed by atoms with Crippen LogP contribution in [0.5, 0.6) is 0 Å². The van der Waals surface area contributed by atoms with Gasteiger partial charge in [-0.05, 0) is 0 Å². The molecule has 1 heterocycles. The minimum atomic E-state index is 0.906.